The topological polar surface area (TPSA) is 33.7 Å². The van der Waals surface area contributed by atoms with Crippen molar-refractivity contribution < 1.29 is 9.47 Å². The van der Waals surface area contributed by atoms with Gasteiger partial charge in [0.05, 0.1) is 13.2 Å². The Bertz CT molecular complexity index is 172. The average Bonchev–Trinajstić information content (AvgIpc) is 2.25. The molecule has 0 aromatic carbocycles. The van der Waals surface area contributed by atoms with Crippen LogP contribution in [0.2, 0.25) is 0 Å². The summed E-state index contributed by atoms with van der Waals surface area (Å²) in [4.78, 5) is 2.14. The Hall–Kier alpha value is -0.390. The summed E-state index contributed by atoms with van der Waals surface area (Å²) < 4.78 is 10.2. The molecule has 1 rings (SSSR count). The molecule has 0 spiro atoms. The van der Waals surface area contributed by atoms with Gasteiger partial charge in [-0.15, -0.1) is 0 Å². The van der Waals surface area contributed by atoms with Gasteiger partial charge in [-0.05, 0) is 18.6 Å². The zero-order valence-corrected chi connectivity index (χ0v) is 9.44. The number of hydrogen-bond acceptors (Lipinski definition) is 3. The van der Waals surface area contributed by atoms with Gasteiger partial charge in [0, 0.05) is 33.4 Å². The van der Waals surface area contributed by atoms with Gasteiger partial charge in [0.15, 0.2) is 5.11 Å². The molecular formula is C9H18N2O2S. The molecule has 0 saturated carbocycles. The van der Waals surface area contributed by atoms with Crippen molar-refractivity contribution in [3.05, 3.63) is 0 Å². The third-order valence-corrected chi connectivity index (χ3v) is 2.50. The van der Waals surface area contributed by atoms with Crippen LogP contribution in [0, 0.1) is 0 Å². The lowest BCUT2D eigenvalue weighted by Gasteiger charge is -2.29. The third-order valence-electron chi connectivity index (χ3n) is 2.10. The lowest BCUT2D eigenvalue weighted by molar-refractivity contribution is 0.0676. The summed E-state index contributed by atoms with van der Waals surface area (Å²) in [5.74, 6) is 0. The van der Waals surface area contributed by atoms with Gasteiger partial charge in [-0.3, -0.25) is 0 Å². The predicted octanol–water partition coefficient (Wildman–Crippen LogP) is 0.230. The Labute approximate surface area is 90.5 Å². The van der Waals surface area contributed by atoms with Crippen LogP contribution in [-0.4, -0.2) is 56.6 Å². The minimum atomic E-state index is 0.777. The number of ether oxygens (including phenoxy) is 2. The van der Waals surface area contributed by atoms with E-state index in [0.717, 1.165) is 51.0 Å². The Balaban J connectivity index is 2.07. The second-order valence-corrected chi connectivity index (χ2v) is 3.56. The SMILES string of the molecule is COCCCNC(=S)N1CCOCC1. The molecule has 0 aliphatic carbocycles. The average molecular weight is 218 g/mol. The van der Waals surface area contributed by atoms with E-state index in [0.29, 0.717) is 0 Å². The third kappa shape index (κ3) is 4.21. The molecular weight excluding hydrogens is 200 g/mol. The van der Waals surface area contributed by atoms with Crippen LogP contribution in [0.15, 0.2) is 0 Å². The molecule has 1 N–H and O–H groups in total. The van der Waals surface area contributed by atoms with Crippen molar-refractivity contribution in [1.29, 1.82) is 0 Å². The number of morpholine rings is 1. The van der Waals surface area contributed by atoms with Gasteiger partial charge in [-0.25, -0.2) is 0 Å². The zero-order valence-electron chi connectivity index (χ0n) is 8.62. The number of rotatable bonds is 4. The van der Waals surface area contributed by atoms with Crippen LogP contribution in [0.3, 0.4) is 0 Å². The Kier molecular flexibility index (Phi) is 5.82. The summed E-state index contributed by atoms with van der Waals surface area (Å²) in [5, 5.41) is 4.05. The van der Waals surface area contributed by atoms with Crippen molar-refractivity contribution in [2.75, 3.05) is 46.6 Å². The molecule has 1 heterocycles. The molecule has 0 unspecified atom stereocenters. The standard InChI is InChI=1S/C9H18N2O2S/c1-12-6-2-3-10-9(14)11-4-7-13-8-5-11/h2-8H2,1H3,(H,10,14). The molecule has 0 atom stereocenters. The summed E-state index contributed by atoms with van der Waals surface area (Å²) in [6.45, 7) is 5.01. The lowest BCUT2D eigenvalue weighted by atomic mass is 10.4. The fourth-order valence-corrected chi connectivity index (χ4v) is 1.57. The van der Waals surface area contributed by atoms with Crippen molar-refractivity contribution in [3.63, 3.8) is 0 Å². The van der Waals surface area contributed by atoms with Crippen molar-refractivity contribution in [1.82, 2.24) is 10.2 Å². The second kappa shape index (κ2) is 6.98. The Morgan fingerprint density at radius 1 is 1.50 bits per heavy atom. The number of methoxy groups -OCH3 is 1. The minimum absolute atomic E-state index is 0.777. The van der Waals surface area contributed by atoms with Crippen LogP contribution >= 0.6 is 12.2 Å². The first-order chi connectivity index (χ1) is 6.84. The predicted molar refractivity (Wildman–Crippen MR) is 59.5 cm³/mol. The van der Waals surface area contributed by atoms with Crippen LogP contribution in [0.4, 0.5) is 0 Å². The minimum Gasteiger partial charge on any atom is -0.385 e. The molecule has 4 nitrogen and oxygen atoms in total. The van der Waals surface area contributed by atoms with Gasteiger partial charge in [-0.2, -0.15) is 0 Å². The molecule has 0 aromatic rings. The molecule has 1 fully saturated rings. The van der Waals surface area contributed by atoms with Gasteiger partial charge in [-0.1, -0.05) is 0 Å². The van der Waals surface area contributed by atoms with Crippen LogP contribution < -0.4 is 5.32 Å². The van der Waals surface area contributed by atoms with Crippen molar-refractivity contribution in [2.24, 2.45) is 0 Å². The number of hydrogen-bond donors (Lipinski definition) is 1. The maximum atomic E-state index is 5.24. The summed E-state index contributed by atoms with van der Waals surface area (Å²) >= 11 is 5.24. The fourth-order valence-electron chi connectivity index (χ4n) is 1.29. The largest absolute Gasteiger partial charge is 0.385 e. The van der Waals surface area contributed by atoms with E-state index in [9.17, 15) is 0 Å². The molecule has 0 bridgehead atoms. The molecule has 82 valence electrons. The van der Waals surface area contributed by atoms with Crippen LogP contribution in [0.1, 0.15) is 6.42 Å². The Morgan fingerprint density at radius 2 is 2.21 bits per heavy atom. The van der Waals surface area contributed by atoms with Gasteiger partial charge in [0.2, 0.25) is 0 Å². The summed E-state index contributed by atoms with van der Waals surface area (Å²) in [7, 11) is 1.71. The van der Waals surface area contributed by atoms with E-state index in [1.54, 1.807) is 7.11 Å². The first kappa shape index (κ1) is 11.7. The van der Waals surface area contributed by atoms with Crippen molar-refractivity contribution in [3.8, 4) is 0 Å². The van der Waals surface area contributed by atoms with Crippen LogP contribution in [0.5, 0.6) is 0 Å². The molecule has 0 radical (unpaired) electrons. The zero-order chi connectivity index (χ0) is 10.2. The highest BCUT2D eigenvalue weighted by Crippen LogP contribution is 1.97. The maximum absolute atomic E-state index is 5.24. The van der Waals surface area contributed by atoms with E-state index in [-0.39, 0.29) is 0 Å². The highest BCUT2D eigenvalue weighted by molar-refractivity contribution is 7.80. The van der Waals surface area contributed by atoms with E-state index in [2.05, 4.69) is 10.2 Å². The number of nitrogens with zero attached hydrogens (tertiary/aromatic N) is 1. The van der Waals surface area contributed by atoms with E-state index in [4.69, 9.17) is 21.7 Å². The van der Waals surface area contributed by atoms with Crippen LogP contribution in [0.25, 0.3) is 0 Å². The number of thiocarbonyl (C=S) groups is 1. The van der Waals surface area contributed by atoms with Gasteiger partial charge >= 0.3 is 0 Å². The lowest BCUT2D eigenvalue weighted by Crippen LogP contribution is -2.46. The first-order valence-corrected chi connectivity index (χ1v) is 5.35. The summed E-state index contributed by atoms with van der Waals surface area (Å²) in [6, 6.07) is 0. The van der Waals surface area contributed by atoms with E-state index >= 15 is 0 Å². The molecule has 0 amide bonds. The van der Waals surface area contributed by atoms with Gasteiger partial charge < -0.3 is 19.7 Å². The molecule has 14 heavy (non-hydrogen) atoms. The normalized spacial score (nSPS) is 16.8. The highest BCUT2D eigenvalue weighted by Gasteiger charge is 2.12. The second-order valence-electron chi connectivity index (χ2n) is 3.18. The summed E-state index contributed by atoms with van der Waals surface area (Å²) in [5.41, 5.74) is 0. The fraction of sp³-hybridized carbons (Fsp3) is 0.889. The Morgan fingerprint density at radius 3 is 2.86 bits per heavy atom. The smallest absolute Gasteiger partial charge is 0.169 e. The highest BCUT2D eigenvalue weighted by atomic mass is 32.1. The molecule has 1 aliphatic rings. The van der Waals surface area contributed by atoms with Gasteiger partial charge in [0.25, 0.3) is 0 Å². The quantitative estimate of drug-likeness (QED) is 0.539. The molecule has 1 saturated heterocycles. The number of nitrogens with one attached hydrogen (secondary N) is 1. The first-order valence-electron chi connectivity index (χ1n) is 4.94. The van der Waals surface area contributed by atoms with E-state index < -0.39 is 0 Å². The van der Waals surface area contributed by atoms with E-state index in [1.165, 1.54) is 0 Å². The monoisotopic (exact) mass is 218 g/mol. The van der Waals surface area contributed by atoms with Crippen LogP contribution in [-0.2, 0) is 9.47 Å². The van der Waals surface area contributed by atoms with Crippen molar-refractivity contribution >= 4 is 17.3 Å². The van der Waals surface area contributed by atoms with E-state index in [1.807, 2.05) is 0 Å². The van der Waals surface area contributed by atoms with Crippen molar-refractivity contribution in [2.45, 2.75) is 6.42 Å². The summed E-state index contributed by atoms with van der Waals surface area (Å²) in [6.07, 6.45) is 0.987. The molecule has 1 aliphatic heterocycles. The molecule has 0 aromatic heterocycles. The van der Waals surface area contributed by atoms with Gasteiger partial charge in [0.1, 0.15) is 0 Å². The molecule has 5 heteroatoms. The maximum Gasteiger partial charge on any atom is 0.169 e.